The van der Waals surface area contributed by atoms with Gasteiger partial charge in [-0.15, -0.1) is 0 Å². The summed E-state index contributed by atoms with van der Waals surface area (Å²) in [4.78, 5) is 16.0. The summed E-state index contributed by atoms with van der Waals surface area (Å²) in [6.45, 7) is 8.97. The van der Waals surface area contributed by atoms with E-state index in [4.69, 9.17) is 0 Å². The molecule has 0 aliphatic heterocycles. The molecule has 2 unspecified atom stereocenters. The Morgan fingerprint density at radius 2 is 2.00 bits per heavy atom. The average Bonchev–Trinajstić information content (AvgIpc) is 2.87. The quantitative estimate of drug-likeness (QED) is 0.750. The van der Waals surface area contributed by atoms with Gasteiger partial charge in [0, 0.05) is 31.0 Å². The van der Waals surface area contributed by atoms with Crippen LogP contribution in [0.2, 0.25) is 0 Å². The van der Waals surface area contributed by atoms with Crippen LogP contribution in [-0.2, 0) is 11.3 Å². The molecule has 0 saturated heterocycles. The maximum Gasteiger partial charge on any atom is 0.237 e. The van der Waals surface area contributed by atoms with Crippen molar-refractivity contribution in [3.8, 4) is 0 Å². The molecule has 1 amide bonds. The number of hydrogen-bond acceptors (Lipinski definition) is 3. The van der Waals surface area contributed by atoms with Gasteiger partial charge >= 0.3 is 0 Å². The Bertz CT molecular complexity index is 360. The summed E-state index contributed by atoms with van der Waals surface area (Å²) in [7, 11) is 0. The minimum absolute atomic E-state index is 0.0752. The van der Waals surface area contributed by atoms with Crippen molar-refractivity contribution in [3.05, 3.63) is 18.7 Å². The monoisotopic (exact) mass is 266 g/mol. The van der Waals surface area contributed by atoms with E-state index in [9.17, 15) is 4.79 Å². The first-order chi connectivity index (χ1) is 9.06. The third-order valence-corrected chi connectivity index (χ3v) is 3.30. The summed E-state index contributed by atoms with van der Waals surface area (Å²) in [6.07, 6.45) is 7.41. The van der Waals surface area contributed by atoms with Crippen LogP contribution in [0, 0.1) is 0 Å². The standard InChI is InChI=1S/C14H26N4O/c1-5-13(6-2)17-14(19)12(4)16-11(3)9-18-8-7-15-10-18/h7-8,10-13,16H,5-6,9H2,1-4H3,(H,17,19). The highest BCUT2D eigenvalue weighted by atomic mass is 16.2. The smallest absolute Gasteiger partial charge is 0.237 e. The third-order valence-electron chi connectivity index (χ3n) is 3.30. The lowest BCUT2D eigenvalue weighted by Crippen LogP contribution is -2.49. The van der Waals surface area contributed by atoms with Crippen molar-refractivity contribution in [2.45, 2.75) is 65.2 Å². The zero-order chi connectivity index (χ0) is 14.3. The van der Waals surface area contributed by atoms with E-state index in [-0.39, 0.29) is 24.0 Å². The van der Waals surface area contributed by atoms with Gasteiger partial charge in [0.15, 0.2) is 0 Å². The number of carbonyl (C=O) groups is 1. The van der Waals surface area contributed by atoms with E-state index >= 15 is 0 Å². The van der Waals surface area contributed by atoms with Crippen molar-refractivity contribution in [1.82, 2.24) is 20.2 Å². The van der Waals surface area contributed by atoms with Crippen molar-refractivity contribution in [2.75, 3.05) is 0 Å². The largest absolute Gasteiger partial charge is 0.352 e. The molecule has 1 aromatic rings. The molecule has 0 saturated carbocycles. The highest BCUT2D eigenvalue weighted by Crippen LogP contribution is 1.98. The Labute approximate surface area is 115 Å². The molecule has 5 heteroatoms. The number of rotatable bonds is 8. The maximum atomic E-state index is 12.0. The topological polar surface area (TPSA) is 59.0 Å². The second-order valence-corrected chi connectivity index (χ2v) is 5.07. The molecule has 19 heavy (non-hydrogen) atoms. The molecule has 0 aromatic carbocycles. The SMILES string of the molecule is CCC(CC)NC(=O)C(C)NC(C)Cn1ccnc1. The van der Waals surface area contributed by atoms with Crippen molar-refractivity contribution >= 4 is 5.91 Å². The number of nitrogens with zero attached hydrogens (tertiary/aromatic N) is 2. The molecular formula is C14H26N4O. The third kappa shape index (κ3) is 5.42. The molecule has 1 rings (SSSR count). The van der Waals surface area contributed by atoms with Gasteiger partial charge in [0.25, 0.3) is 0 Å². The molecule has 108 valence electrons. The van der Waals surface area contributed by atoms with Crippen LogP contribution in [0.15, 0.2) is 18.7 Å². The second-order valence-electron chi connectivity index (χ2n) is 5.07. The van der Waals surface area contributed by atoms with Crippen LogP contribution >= 0.6 is 0 Å². The fraction of sp³-hybridized carbons (Fsp3) is 0.714. The minimum Gasteiger partial charge on any atom is -0.352 e. The molecular weight excluding hydrogens is 240 g/mol. The van der Waals surface area contributed by atoms with Crippen LogP contribution in [0.1, 0.15) is 40.5 Å². The van der Waals surface area contributed by atoms with Gasteiger partial charge in [-0.1, -0.05) is 13.8 Å². The first-order valence-electron chi connectivity index (χ1n) is 7.08. The van der Waals surface area contributed by atoms with Gasteiger partial charge < -0.3 is 15.2 Å². The van der Waals surface area contributed by atoms with E-state index in [0.717, 1.165) is 19.4 Å². The summed E-state index contributed by atoms with van der Waals surface area (Å²) >= 11 is 0. The number of carbonyl (C=O) groups excluding carboxylic acids is 1. The number of amides is 1. The van der Waals surface area contributed by atoms with E-state index in [1.807, 2.05) is 17.7 Å². The van der Waals surface area contributed by atoms with Crippen molar-refractivity contribution in [1.29, 1.82) is 0 Å². The molecule has 2 N–H and O–H groups in total. The molecule has 1 heterocycles. The summed E-state index contributed by atoms with van der Waals surface area (Å²) in [5.74, 6) is 0.0752. The van der Waals surface area contributed by atoms with E-state index < -0.39 is 0 Å². The van der Waals surface area contributed by atoms with E-state index in [1.54, 1.807) is 12.5 Å². The molecule has 2 atom stereocenters. The zero-order valence-corrected chi connectivity index (χ0v) is 12.4. The van der Waals surface area contributed by atoms with Crippen LogP contribution in [0.25, 0.3) is 0 Å². The summed E-state index contributed by atoms with van der Waals surface area (Å²) < 4.78 is 2.00. The Hall–Kier alpha value is -1.36. The predicted molar refractivity (Wildman–Crippen MR) is 76.8 cm³/mol. The van der Waals surface area contributed by atoms with Gasteiger partial charge in [-0.3, -0.25) is 4.79 Å². The number of aromatic nitrogens is 2. The maximum absolute atomic E-state index is 12.0. The number of hydrogen-bond donors (Lipinski definition) is 2. The zero-order valence-electron chi connectivity index (χ0n) is 12.4. The summed E-state index contributed by atoms with van der Waals surface area (Å²) in [6, 6.07) is 0.316. The van der Waals surface area contributed by atoms with Gasteiger partial charge in [-0.25, -0.2) is 4.98 Å². The predicted octanol–water partition coefficient (Wildman–Crippen LogP) is 1.55. The first kappa shape index (κ1) is 15.7. The lowest BCUT2D eigenvalue weighted by molar-refractivity contribution is -0.123. The molecule has 0 radical (unpaired) electrons. The Balaban J connectivity index is 2.36. The van der Waals surface area contributed by atoms with Crippen LogP contribution < -0.4 is 10.6 Å². The Kier molecular flexibility index (Phi) is 6.56. The molecule has 1 aromatic heterocycles. The van der Waals surface area contributed by atoms with E-state index in [1.165, 1.54) is 0 Å². The van der Waals surface area contributed by atoms with E-state index in [2.05, 4.69) is 36.4 Å². The molecule has 0 spiro atoms. The molecule has 0 aliphatic carbocycles. The van der Waals surface area contributed by atoms with Crippen molar-refractivity contribution < 1.29 is 4.79 Å². The molecule has 0 aliphatic rings. The van der Waals surface area contributed by atoms with Gasteiger partial charge in [0.1, 0.15) is 0 Å². The Morgan fingerprint density at radius 1 is 1.32 bits per heavy atom. The first-order valence-corrected chi connectivity index (χ1v) is 7.08. The Morgan fingerprint density at radius 3 is 2.53 bits per heavy atom. The van der Waals surface area contributed by atoms with Crippen molar-refractivity contribution in [3.63, 3.8) is 0 Å². The normalized spacial score (nSPS) is 14.4. The minimum atomic E-state index is -0.181. The van der Waals surface area contributed by atoms with Gasteiger partial charge in [-0.05, 0) is 26.7 Å². The molecule has 0 fully saturated rings. The lowest BCUT2D eigenvalue weighted by Gasteiger charge is -2.22. The highest BCUT2D eigenvalue weighted by Gasteiger charge is 2.17. The van der Waals surface area contributed by atoms with Crippen molar-refractivity contribution in [2.24, 2.45) is 0 Å². The van der Waals surface area contributed by atoms with Gasteiger partial charge in [0.2, 0.25) is 5.91 Å². The van der Waals surface area contributed by atoms with Crippen LogP contribution in [0.4, 0.5) is 0 Å². The lowest BCUT2D eigenvalue weighted by atomic mass is 10.1. The van der Waals surface area contributed by atoms with Gasteiger partial charge in [-0.2, -0.15) is 0 Å². The summed E-state index contributed by atoms with van der Waals surface area (Å²) in [5.41, 5.74) is 0. The molecule has 0 bridgehead atoms. The summed E-state index contributed by atoms with van der Waals surface area (Å²) in [5, 5.41) is 6.37. The number of nitrogens with one attached hydrogen (secondary N) is 2. The van der Waals surface area contributed by atoms with Gasteiger partial charge in [0.05, 0.1) is 12.4 Å². The fourth-order valence-corrected chi connectivity index (χ4v) is 2.09. The highest BCUT2D eigenvalue weighted by molar-refractivity contribution is 5.81. The molecule has 5 nitrogen and oxygen atoms in total. The fourth-order valence-electron chi connectivity index (χ4n) is 2.09. The number of imidazole rings is 1. The van der Waals surface area contributed by atoms with E-state index in [0.29, 0.717) is 0 Å². The average molecular weight is 266 g/mol. The van der Waals surface area contributed by atoms with Crippen LogP contribution in [0.3, 0.4) is 0 Å². The van der Waals surface area contributed by atoms with Crippen LogP contribution in [-0.4, -0.2) is 33.6 Å². The van der Waals surface area contributed by atoms with Crippen LogP contribution in [0.5, 0.6) is 0 Å². The second kappa shape index (κ2) is 7.94.